The SMILES string of the molecule is CC[C@H](C)c1ccc(OCC[C@H]2CCCNC2)c(Br)c1. The summed E-state index contributed by atoms with van der Waals surface area (Å²) in [6, 6.07) is 6.49. The Morgan fingerprint density at radius 3 is 2.95 bits per heavy atom. The van der Waals surface area contributed by atoms with E-state index in [1.54, 1.807) is 0 Å². The lowest BCUT2D eigenvalue weighted by atomic mass is 9.97. The van der Waals surface area contributed by atoms with Crippen LogP contribution in [0.2, 0.25) is 0 Å². The molecule has 1 N–H and O–H groups in total. The Morgan fingerprint density at radius 2 is 2.30 bits per heavy atom. The number of benzene rings is 1. The number of nitrogens with one attached hydrogen (secondary N) is 1. The maximum Gasteiger partial charge on any atom is 0.133 e. The van der Waals surface area contributed by atoms with Gasteiger partial charge >= 0.3 is 0 Å². The van der Waals surface area contributed by atoms with Crippen LogP contribution in [0.3, 0.4) is 0 Å². The molecule has 0 saturated carbocycles. The first-order chi connectivity index (χ1) is 9.70. The van der Waals surface area contributed by atoms with E-state index >= 15 is 0 Å². The lowest BCUT2D eigenvalue weighted by Gasteiger charge is -2.22. The number of rotatable bonds is 6. The second-order valence-electron chi connectivity index (χ2n) is 5.85. The van der Waals surface area contributed by atoms with Gasteiger partial charge in [0.15, 0.2) is 0 Å². The maximum atomic E-state index is 5.93. The molecule has 0 amide bonds. The molecule has 0 bridgehead atoms. The minimum atomic E-state index is 0.605. The molecular formula is C17H26BrNO. The van der Waals surface area contributed by atoms with Crippen LogP contribution in [-0.2, 0) is 0 Å². The molecule has 1 saturated heterocycles. The van der Waals surface area contributed by atoms with Gasteiger partial charge < -0.3 is 10.1 Å². The van der Waals surface area contributed by atoms with Crippen LogP contribution in [0, 0.1) is 5.92 Å². The highest BCUT2D eigenvalue weighted by molar-refractivity contribution is 9.10. The highest BCUT2D eigenvalue weighted by Gasteiger charge is 2.13. The average molecular weight is 340 g/mol. The van der Waals surface area contributed by atoms with Crippen molar-refractivity contribution in [2.75, 3.05) is 19.7 Å². The molecule has 1 aromatic rings. The van der Waals surface area contributed by atoms with Crippen molar-refractivity contribution in [2.45, 2.75) is 45.4 Å². The molecule has 0 aromatic heterocycles. The van der Waals surface area contributed by atoms with Crippen LogP contribution in [-0.4, -0.2) is 19.7 Å². The topological polar surface area (TPSA) is 21.3 Å². The Hall–Kier alpha value is -0.540. The van der Waals surface area contributed by atoms with Crippen LogP contribution in [0.5, 0.6) is 5.75 Å². The monoisotopic (exact) mass is 339 g/mol. The molecule has 0 spiro atoms. The summed E-state index contributed by atoms with van der Waals surface area (Å²) in [5, 5.41) is 3.46. The lowest BCUT2D eigenvalue weighted by Crippen LogP contribution is -2.30. The van der Waals surface area contributed by atoms with E-state index in [1.807, 2.05) is 0 Å². The van der Waals surface area contributed by atoms with Gasteiger partial charge in [-0.2, -0.15) is 0 Å². The summed E-state index contributed by atoms with van der Waals surface area (Å²) in [5.74, 6) is 2.36. The molecule has 112 valence electrons. The Bertz CT molecular complexity index is 415. The number of hydrogen-bond donors (Lipinski definition) is 1. The molecule has 2 nitrogen and oxygen atoms in total. The summed E-state index contributed by atoms with van der Waals surface area (Å²) in [6.07, 6.45) is 4.95. The van der Waals surface area contributed by atoms with E-state index in [0.717, 1.165) is 35.7 Å². The first kappa shape index (κ1) is 15.8. The predicted molar refractivity (Wildman–Crippen MR) is 88.6 cm³/mol. The van der Waals surface area contributed by atoms with Crippen molar-refractivity contribution in [3.05, 3.63) is 28.2 Å². The van der Waals surface area contributed by atoms with E-state index in [4.69, 9.17) is 4.74 Å². The Balaban J connectivity index is 1.83. The third-order valence-electron chi connectivity index (χ3n) is 4.32. The Kier molecular flexibility index (Phi) is 6.37. The highest BCUT2D eigenvalue weighted by atomic mass is 79.9. The zero-order valence-electron chi connectivity index (χ0n) is 12.6. The maximum absolute atomic E-state index is 5.93. The van der Waals surface area contributed by atoms with E-state index in [2.05, 4.69) is 53.3 Å². The molecule has 2 rings (SSSR count). The van der Waals surface area contributed by atoms with E-state index in [0.29, 0.717) is 5.92 Å². The van der Waals surface area contributed by atoms with Gasteiger partial charge in [0.25, 0.3) is 0 Å². The molecule has 1 fully saturated rings. The van der Waals surface area contributed by atoms with Crippen molar-refractivity contribution < 1.29 is 4.74 Å². The van der Waals surface area contributed by atoms with E-state index in [1.165, 1.54) is 31.4 Å². The third kappa shape index (κ3) is 4.49. The van der Waals surface area contributed by atoms with Crippen LogP contribution in [0.1, 0.15) is 51.0 Å². The largest absolute Gasteiger partial charge is 0.492 e. The molecule has 1 aliphatic rings. The zero-order chi connectivity index (χ0) is 14.4. The molecule has 3 heteroatoms. The molecule has 0 radical (unpaired) electrons. The standard InChI is InChI=1S/C17H26BrNO/c1-3-13(2)15-6-7-17(16(18)11-15)20-10-8-14-5-4-9-19-12-14/h6-7,11,13-14,19H,3-5,8-10,12H2,1-2H3/t13-,14+/m0/s1. The number of ether oxygens (including phenoxy) is 1. The zero-order valence-corrected chi connectivity index (χ0v) is 14.2. The van der Waals surface area contributed by atoms with E-state index in [9.17, 15) is 0 Å². The van der Waals surface area contributed by atoms with Crippen LogP contribution in [0.25, 0.3) is 0 Å². The minimum Gasteiger partial charge on any atom is -0.492 e. The van der Waals surface area contributed by atoms with Crippen molar-refractivity contribution in [1.29, 1.82) is 0 Å². The Labute approximate surface area is 131 Å². The summed E-state index contributed by atoms with van der Waals surface area (Å²) in [4.78, 5) is 0. The summed E-state index contributed by atoms with van der Waals surface area (Å²) in [5.41, 5.74) is 1.38. The fourth-order valence-electron chi connectivity index (χ4n) is 2.68. The van der Waals surface area contributed by atoms with Crippen LogP contribution in [0.4, 0.5) is 0 Å². The number of halogens is 1. The highest BCUT2D eigenvalue weighted by Crippen LogP contribution is 2.30. The van der Waals surface area contributed by atoms with Gasteiger partial charge in [-0.05, 0) is 84.2 Å². The van der Waals surface area contributed by atoms with Gasteiger partial charge in [-0.25, -0.2) is 0 Å². The van der Waals surface area contributed by atoms with Crippen molar-refractivity contribution in [2.24, 2.45) is 5.92 Å². The van der Waals surface area contributed by atoms with Crippen molar-refractivity contribution >= 4 is 15.9 Å². The quantitative estimate of drug-likeness (QED) is 0.808. The Morgan fingerprint density at radius 1 is 1.45 bits per heavy atom. The molecule has 2 atom stereocenters. The smallest absolute Gasteiger partial charge is 0.133 e. The fourth-order valence-corrected chi connectivity index (χ4v) is 3.19. The summed E-state index contributed by atoms with van der Waals surface area (Å²) < 4.78 is 7.01. The summed E-state index contributed by atoms with van der Waals surface area (Å²) in [6.45, 7) is 7.63. The van der Waals surface area contributed by atoms with Gasteiger partial charge in [0.2, 0.25) is 0 Å². The second-order valence-corrected chi connectivity index (χ2v) is 6.70. The van der Waals surface area contributed by atoms with Crippen molar-refractivity contribution in [3.63, 3.8) is 0 Å². The van der Waals surface area contributed by atoms with Gasteiger partial charge in [-0.3, -0.25) is 0 Å². The van der Waals surface area contributed by atoms with Gasteiger partial charge in [-0.1, -0.05) is 19.9 Å². The summed E-state index contributed by atoms with van der Waals surface area (Å²) in [7, 11) is 0. The molecule has 0 aliphatic carbocycles. The number of piperidine rings is 1. The van der Waals surface area contributed by atoms with Gasteiger partial charge in [0.1, 0.15) is 5.75 Å². The van der Waals surface area contributed by atoms with Crippen LogP contribution in [0.15, 0.2) is 22.7 Å². The molecular weight excluding hydrogens is 314 g/mol. The van der Waals surface area contributed by atoms with Crippen LogP contribution >= 0.6 is 15.9 Å². The molecule has 20 heavy (non-hydrogen) atoms. The fraction of sp³-hybridized carbons (Fsp3) is 0.647. The molecule has 1 aliphatic heterocycles. The van der Waals surface area contributed by atoms with E-state index < -0.39 is 0 Å². The van der Waals surface area contributed by atoms with Crippen LogP contribution < -0.4 is 10.1 Å². The van der Waals surface area contributed by atoms with Gasteiger partial charge in [-0.15, -0.1) is 0 Å². The predicted octanol–water partition coefficient (Wildman–Crippen LogP) is 4.73. The lowest BCUT2D eigenvalue weighted by molar-refractivity contribution is 0.253. The van der Waals surface area contributed by atoms with E-state index in [-0.39, 0.29) is 0 Å². The molecule has 1 aromatic carbocycles. The average Bonchev–Trinajstić information content (AvgIpc) is 2.49. The first-order valence-electron chi connectivity index (χ1n) is 7.83. The van der Waals surface area contributed by atoms with Crippen molar-refractivity contribution in [3.8, 4) is 5.75 Å². The first-order valence-corrected chi connectivity index (χ1v) is 8.63. The number of hydrogen-bond acceptors (Lipinski definition) is 2. The second kappa shape index (κ2) is 8.04. The molecule has 1 heterocycles. The van der Waals surface area contributed by atoms with Gasteiger partial charge in [0, 0.05) is 0 Å². The summed E-state index contributed by atoms with van der Waals surface area (Å²) >= 11 is 3.63. The third-order valence-corrected chi connectivity index (χ3v) is 4.94. The normalized spacial score (nSPS) is 20.6. The van der Waals surface area contributed by atoms with Gasteiger partial charge in [0.05, 0.1) is 11.1 Å². The minimum absolute atomic E-state index is 0.605. The molecule has 0 unspecified atom stereocenters. The van der Waals surface area contributed by atoms with Crippen molar-refractivity contribution in [1.82, 2.24) is 5.32 Å².